The van der Waals surface area contributed by atoms with Crippen molar-refractivity contribution in [1.82, 2.24) is 4.72 Å². The summed E-state index contributed by atoms with van der Waals surface area (Å²) in [4.78, 5) is 12.8. The van der Waals surface area contributed by atoms with Gasteiger partial charge in [-0.25, -0.2) is 13.1 Å². The van der Waals surface area contributed by atoms with Crippen molar-refractivity contribution in [3.05, 3.63) is 95.6 Å². The van der Waals surface area contributed by atoms with Crippen molar-refractivity contribution in [2.24, 2.45) is 0 Å². The summed E-state index contributed by atoms with van der Waals surface area (Å²) in [5, 5.41) is 2.89. The molecule has 0 aliphatic heterocycles. The average molecular weight is 409 g/mol. The third-order valence-corrected chi connectivity index (χ3v) is 5.95. The van der Waals surface area contributed by atoms with Crippen LogP contribution in [0.2, 0.25) is 0 Å². The molecule has 0 fully saturated rings. The lowest BCUT2D eigenvalue weighted by Gasteiger charge is -2.14. The van der Waals surface area contributed by atoms with Gasteiger partial charge in [0, 0.05) is 17.8 Å². The summed E-state index contributed by atoms with van der Waals surface area (Å²) in [5.74, 6) is -0.0985. The van der Waals surface area contributed by atoms with Crippen molar-refractivity contribution in [2.75, 3.05) is 5.32 Å². The lowest BCUT2D eigenvalue weighted by molar-refractivity contribution is 0.102. The minimum absolute atomic E-state index is 0.0539. The number of nitrogens with one attached hydrogen (secondary N) is 2. The van der Waals surface area contributed by atoms with Gasteiger partial charge in [0.15, 0.2) is 0 Å². The van der Waals surface area contributed by atoms with Gasteiger partial charge in [-0.05, 0) is 41.3 Å². The number of anilines is 1. The molecular weight excluding hydrogens is 384 g/mol. The van der Waals surface area contributed by atoms with Crippen molar-refractivity contribution in [1.29, 1.82) is 0 Å². The number of rotatable bonds is 7. The first-order chi connectivity index (χ1) is 13.9. The molecule has 0 bridgehead atoms. The van der Waals surface area contributed by atoms with E-state index in [1.54, 1.807) is 12.1 Å². The molecule has 0 radical (unpaired) electrons. The first-order valence-electron chi connectivity index (χ1n) is 9.41. The summed E-state index contributed by atoms with van der Waals surface area (Å²) >= 11 is 0. The quantitative estimate of drug-likeness (QED) is 0.603. The molecule has 0 atom stereocenters. The van der Waals surface area contributed by atoms with E-state index in [9.17, 15) is 13.2 Å². The molecule has 150 valence electrons. The maximum atomic E-state index is 12.7. The molecule has 0 aliphatic rings. The van der Waals surface area contributed by atoms with Crippen LogP contribution in [0.4, 0.5) is 5.69 Å². The zero-order chi connectivity index (χ0) is 20.9. The number of sulfonamides is 1. The Morgan fingerprint density at radius 1 is 0.897 bits per heavy atom. The number of carbonyl (C=O) groups is 1. The van der Waals surface area contributed by atoms with Gasteiger partial charge >= 0.3 is 0 Å². The van der Waals surface area contributed by atoms with Crippen molar-refractivity contribution in [3.63, 3.8) is 0 Å². The summed E-state index contributed by atoms with van der Waals surface area (Å²) in [5.41, 5.74) is 2.89. The van der Waals surface area contributed by atoms with Gasteiger partial charge in [0.2, 0.25) is 10.0 Å². The Labute approximate surface area is 171 Å². The highest BCUT2D eigenvalue weighted by Gasteiger charge is 2.17. The molecule has 3 rings (SSSR count). The predicted octanol–water partition coefficient (Wildman–Crippen LogP) is 4.54. The Kier molecular flexibility index (Phi) is 6.46. The summed E-state index contributed by atoms with van der Waals surface area (Å²) in [6.07, 6.45) is 0. The first kappa shape index (κ1) is 20.8. The van der Waals surface area contributed by atoms with Gasteiger partial charge in [-0.1, -0.05) is 68.4 Å². The molecule has 0 heterocycles. The highest BCUT2D eigenvalue weighted by molar-refractivity contribution is 7.89. The fraction of sp³-hybridized carbons (Fsp3) is 0.174. The van der Waals surface area contributed by atoms with E-state index in [-0.39, 0.29) is 28.8 Å². The molecule has 2 N–H and O–H groups in total. The summed E-state index contributed by atoms with van der Waals surface area (Å²) in [6.45, 7) is 4.29. The van der Waals surface area contributed by atoms with E-state index in [2.05, 4.69) is 23.9 Å². The van der Waals surface area contributed by atoms with Crippen molar-refractivity contribution < 1.29 is 13.2 Å². The molecule has 6 heteroatoms. The van der Waals surface area contributed by atoms with Crippen molar-refractivity contribution >= 4 is 21.6 Å². The highest BCUT2D eigenvalue weighted by Crippen LogP contribution is 2.24. The van der Waals surface area contributed by atoms with Crippen LogP contribution < -0.4 is 10.0 Å². The number of carbonyl (C=O) groups excluding carboxylic acids is 1. The van der Waals surface area contributed by atoms with Gasteiger partial charge in [-0.3, -0.25) is 4.79 Å². The van der Waals surface area contributed by atoms with Gasteiger partial charge in [0.05, 0.1) is 4.90 Å². The third kappa shape index (κ3) is 5.31. The second kappa shape index (κ2) is 9.03. The molecule has 29 heavy (non-hydrogen) atoms. The number of hydrogen-bond donors (Lipinski definition) is 2. The van der Waals surface area contributed by atoms with E-state index in [0.717, 1.165) is 16.8 Å². The zero-order valence-electron chi connectivity index (χ0n) is 16.4. The van der Waals surface area contributed by atoms with Gasteiger partial charge < -0.3 is 5.32 Å². The second-order valence-corrected chi connectivity index (χ2v) is 8.80. The topological polar surface area (TPSA) is 75.3 Å². The summed E-state index contributed by atoms with van der Waals surface area (Å²) in [6, 6.07) is 22.9. The van der Waals surface area contributed by atoms with E-state index in [1.807, 2.05) is 54.6 Å². The van der Waals surface area contributed by atoms with Crippen LogP contribution >= 0.6 is 0 Å². The van der Waals surface area contributed by atoms with E-state index >= 15 is 0 Å². The van der Waals surface area contributed by atoms with E-state index in [0.29, 0.717) is 0 Å². The maximum Gasteiger partial charge on any atom is 0.255 e. The standard InChI is InChI=1S/C23H24N2O3S/c1-17(2)21-13-6-7-14-22(21)25-23(26)19-11-8-12-20(15-19)29(27,28)24-16-18-9-4-3-5-10-18/h3-15,17,24H,16H2,1-2H3,(H,25,26). The van der Waals surface area contributed by atoms with Crippen LogP contribution in [-0.2, 0) is 16.6 Å². The molecule has 1 amide bonds. The zero-order valence-corrected chi connectivity index (χ0v) is 17.2. The Bertz CT molecular complexity index is 1090. The van der Waals surface area contributed by atoms with E-state index < -0.39 is 10.0 Å². The van der Waals surface area contributed by atoms with Crippen LogP contribution in [0.5, 0.6) is 0 Å². The third-order valence-electron chi connectivity index (χ3n) is 4.55. The van der Waals surface area contributed by atoms with Crippen molar-refractivity contribution in [2.45, 2.75) is 31.2 Å². The predicted molar refractivity (Wildman–Crippen MR) is 115 cm³/mol. The van der Waals surface area contributed by atoms with Gasteiger partial charge in [0.25, 0.3) is 5.91 Å². The van der Waals surface area contributed by atoms with Gasteiger partial charge in [-0.15, -0.1) is 0 Å². The fourth-order valence-corrected chi connectivity index (χ4v) is 4.03. The largest absolute Gasteiger partial charge is 0.322 e. The van der Waals surface area contributed by atoms with Crippen LogP contribution in [0.1, 0.15) is 41.3 Å². The lowest BCUT2D eigenvalue weighted by atomic mass is 10.0. The molecule has 0 aliphatic carbocycles. The van der Waals surface area contributed by atoms with Gasteiger partial charge in [0.1, 0.15) is 0 Å². The summed E-state index contributed by atoms with van der Waals surface area (Å²) in [7, 11) is -3.74. The van der Waals surface area contributed by atoms with Gasteiger partial charge in [-0.2, -0.15) is 0 Å². The van der Waals surface area contributed by atoms with Crippen LogP contribution in [0.3, 0.4) is 0 Å². The number of hydrogen-bond acceptors (Lipinski definition) is 3. The molecule has 0 aromatic heterocycles. The van der Waals surface area contributed by atoms with Crippen LogP contribution in [0, 0.1) is 0 Å². The minimum atomic E-state index is -3.74. The molecular formula is C23H24N2O3S. The second-order valence-electron chi connectivity index (χ2n) is 7.03. The smallest absolute Gasteiger partial charge is 0.255 e. The molecule has 3 aromatic rings. The first-order valence-corrected chi connectivity index (χ1v) is 10.9. The molecule has 3 aromatic carbocycles. The molecule has 0 spiro atoms. The molecule has 0 saturated carbocycles. The fourth-order valence-electron chi connectivity index (χ4n) is 2.97. The number of para-hydroxylation sites is 1. The maximum absolute atomic E-state index is 12.7. The van der Waals surface area contributed by atoms with Crippen LogP contribution in [0.25, 0.3) is 0 Å². The van der Waals surface area contributed by atoms with Crippen LogP contribution in [-0.4, -0.2) is 14.3 Å². The Morgan fingerprint density at radius 2 is 1.59 bits per heavy atom. The van der Waals surface area contributed by atoms with Crippen molar-refractivity contribution in [3.8, 4) is 0 Å². The van der Waals surface area contributed by atoms with E-state index in [4.69, 9.17) is 0 Å². The monoisotopic (exact) mass is 408 g/mol. The number of benzene rings is 3. The molecule has 0 unspecified atom stereocenters. The minimum Gasteiger partial charge on any atom is -0.322 e. The lowest BCUT2D eigenvalue weighted by Crippen LogP contribution is -2.23. The van der Waals surface area contributed by atoms with Crippen LogP contribution in [0.15, 0.2) is 83.8 Å². The van der Waals surface area contributed by atoms with E-state index in [1.165, 1.54) is 12.1 Å². The average Bonchev–Trinajstić information content (AvgIpc) is 2.73. The normalized spacial score (nSPS) is 11.4. The number of amides is 1. The molecule has 0 saturated heterocycles. The highest BCUT2D eigenvalue weighted by atomic mass is 32.2. The SMILES string of the molecule is CC(C)c1ccccc1NC(=O)c1cccc(S(=O)(=O)NCc2ccccc2)c1. The Hall–Kier alpha value is -2.96. The Balaban J connectivity index is 1.77. The molecule has 5 nitrogen and oxygen atoms in total. The Morgan fingerprint density at radius 3 is 2.31 bits per heavy atom. The summed E-state index contributed by atoms with van der Waals surface area (Å²) < 4.78 is 27.9.